The molecule has 4 aromatic rings. The molecule has 4 aromatic carbocycles. The van der Waals surface area contributed by atoms with Crippen LogP contribution in [0, 0.1) is 0 Å². The Hall–Kier alpha value is -4.41. The van der Waals surface area contributed by atoms with Crippen LogP contribution >= 0.6 is 7.82 Å². The maximum atomic E-state index is 13.2. The zero-order valence-corrected chi connectivity index (χ0v) is 46.2. The largest absolute Gasteiger partial charge is 0.472 e. The number of quaternary nitrogens is 1. The summed E-state index contributed by atoms with van der Waals surface area (Å²) in [7, 11) is 1.56. The molecule has 0 spiro atoms. The molecule has 0 heterocycles. The number of ether oxygens (including phenoxy) is 2. The number of unbranched alkanes of at least 4 members (excludes halogenated alkanes) is 16. The summed E-state index contributed by atoms with van der Waals surface area (Å²) in [6.07, 6.45) is 16.9. The summed E-state index contributed by atoms with van der Waals surface area (Å²) in [4.78, 5) is 50.5. The van der Waals surface area contributed by atoms with Crippen LogP contribution in [0.1, 0.15) is 134 Å². The standard InChI is InChI=1S/C56H85N4O11PS/c1-59(2)52-32-26-31-51-50(52)30-27-33-53(51)73(66,67)58-39-25-19-15-11-7-9-13-17-21-35-56(63)71-49(45-70-72(64,65)69-41-40-60(3,4)5)44-68-55(62)34-20-16-12-8-6-10-14-18-24-38-57-54(61)43-46-36-37-47-28-22-23-29-48(47)42-46/h22-23,26-33,36-37,42,49,58H,6-21,24-25,34-35,38-41,43-45H2,1-5H3,(H-,57,61,64,65)/p+1/t49-/m0/s1. The summed E-state index contributed by atoms with van der Waals surface area (Å²) in [6, 6.07) is 25.4. The second-order valence-corrected chi connectivity index (χ2v) is 23.6. The monoisotopic (exact) mass is 1050 g/mol. The Kier molecular flexibility index (Phi) is 27.5. The molecule has 15 nitrogen and oxygen atoms in total. The quantitative estimate of drug-likeness (QED) is 0.0166. The summed E-state index contributed by atoms with van der Waals surface area (Å²) >= 11 is 0. The zero-order chi connectivity index (χ0) is 53.0. The molecule has 1 unspecified atom stereocenters. The van der Waals surface area contributed by atoms with Gasteiger partial charge >= 0.3 is 19.8 Å². The van der Waals surface area contributed by atoms with Gasteiger partial charge in [0.2, 0.25) is 15.9 Å². The predicted octanol–water partition coefficient (Wildman–Crippen LogP) is 10.8. The van der Waals surface area contributed by atoms with Crippen LogP contribution in [0.2, 0.25) is 0 Å². The number of likely N-dealkylation sites (N-methyl/N-ethyl adjacent to an activating group) is 1. The van der Waals surface area contributed by atoms with Gasteiger partial charge in [-0.2, -0.15) is 0 Å². The molecular weight excluding hydrogens is 968 g/mol. The molecule has 73 heavy (non-hydrogen) atoms. The van der Waals surface area contributed by atoms with Gasteiger partial charge < -0.3 is 29.1 Å². The average molecular weight is 1050 g/mol. The van der Waals surface area contributed by atoms with E-state index in [0.717, 1.165) is 125 Å². The highest BCUT2D eigenvalue weighted by atomic mass is 32.2. The van der Waals surface area contributed by atoms with E-state index >= 15 is 0 Å². The van der Waals surface area contributed by atoms with Crippen LogP contribution in [0.5, 0.6) is 0 Å². The smallest absolute Gasteiger partial charge is 0.462 e. The molecule has 0 saturated heterocycles. The number of carbonyl (C=O) groups excluding carboxylic acids is 3. The first kappa shape index (κ1) is 61.1. The molecule has 1 amide bonds. The molecule has 2 atom stereocenters. The van der Waals surface area contributed by atoms with Crippen LogP contribution in [0.15, 0.2) is 83.8 Å². The summed E-state index contributed by atoms with van der Waals surface area (Å²) in [6.45, 7) is 0.756. The first-order valence-corrected chi connectivity index (χ1v) is 29.6. The molecule has 0 fully saturated rings. The number of nitrogens with one attached hydrogen (secondary N) is 2. The highest BCUT2D eigenvalue weighted by Crippen LogP contribution is 2.43. The molecule has 0 aromatic heterocycles. The molecule has 3 N–H and O–H groups in total. The molecule has 0 aliphatic carbocycles. The fourth-order valence-corrected chi connectivity index (χ4v) is 10.6. The van der Waals surface area contributed by atoms with Crippen LogP contribution in [0.25, 0.3) is 21.5 Å². The van der Waals surface area contributed by atoms with Gasteiger partial charge in [0.25, 0.3) is 0 Å². The topological polar surface area (TPSA) is 187 Å². The normalized spacial score (nSPS) is 13.2. The third kappa shape index (κ3) is 25.1. The summed E-state index contributed by atoms with van der Waals surface area (Å²) in [5.41, 5.74) is 1.98. The number of rotatable bonds is 39. The average Bonchev–Trinajstić information content (AvgIpc) is 3.34. The van der Waals surface area contributed by atoms with Crippen LogP contribution in [0.3, 0.4) is 0 Å². The molecule has 0 aliphatic heterocycles. The third-order valence-corrected chi connectivity index (χ3v) is 15.2. The lowest BCUT2D eigenvalue weighted by molar-refractivity contribution is -0.870. The zero-order valence-electron chi connectivity index (χ0n) is 44.5. The predicted molar refractivity (Wildman–Crippen MR) is 292 cm³/mol. The fraction of sp³-hybridized carbons (Fsp3) is 0.589. The van der Waals surface area contributed by atoms with Gasteiger partial charge in [-0.1, -0.05) is 157 Å². The number of phosphoric ester groups is 1. The number of phosphoric acid groups is 1. The van der Waals surface area contributed by atoms with Gasteiger partial charge in [-0.25, -0.2) is 17.7 Å². The van der Waals surface area contributed by atoms with Crippen molar-refractivity contribution in [3.05, 3.63) is 84.4 Å². The van der Waals surface area contributed by atoms with Crippen molar-refractivity contribution in [1.29, 1.82) is 0 Å². The van der Waals surface area contributed by atoms with Crippen molar-refractivity contribution in [2.45, 2.75) is 146 Å². The van der Waals surface area contributed by atoms with E-state index < -0.39 is 42.5 Å². The van der Waals surface area contributed by atoms with Gasteiger partial charge in [0.05, 0.1) is 39.1 Å². The second-order valence-electron chi connectivity index (χ2n) is 20.4. The lowest BCUT2D eigenvalue weighted by Gasteiger charge is -2.24. The molecule has 0 radical (unpaired) electrons. The molecule has 0 bridgehead atoms. The molecule has 406 valence electrons. The highest BCUT2D eigenvalue weighted by Gasteiger charge is 2.27. The molecule has 0 aliphatic rings. The Balaban J connectivity index is 1.02. The van der Waals surface area contributed by atoms with Gasteiger partial charge in [0, 0.05) is 56.5 Å². The van der Waals surface area contributed by atoms with E-state index in [2.05, 4.69) is 34.3 Å². The van der Waals surface area contributed by atoms with Crippen molar-refractivity contribution in [2.24, 2.45) is 0 Å². The van der Waals surface area contributed by atoms with E-state index in [1.54, 1.807) is 12.1 Å². The second kappa shape index (κ2) is 32.8. The van der Waals surface area contributed by atoms with Gasteiger partial charge in [-0.05, 0) is 54.2 Å². The van der Waals surface area contributed by atoms with Crippen molar-refractivity contribution in [2.75, 3.05) is 79.6 Å². The number of nitrogens with zero attached hydrogens (tertiary/aromatic N) is 2. The van der Waals surface area contributed by atoms with Gasteiger partial charge in [-0.3, -0.25) is 23.4 Å². The first-order valence-electron chi connectivity index (χ1n) is 26.6. The van der Waals surface area contributed by atoms with Crippen molar-refractivity contribution < 1.29 is 55.3 Å². The van der Waals surface area contributed by atoms with E-state index in [1.807, 2.05) is 82.6 Å². The van der Waals surface area contributed by atoms with Gasteiger partial charge in [-0.15, -0.1) is 0 Å². The molecule has 4 rings (SSSR count). The number of hydrogen-bond donors (Lipinski definition) is 3. The van der Waals surface area contributed by atoms with E-state index in [0.29, 0.717) is 53.7 Å². The van der Waals surface area contributed by atoms with Crippen molar-refractivity contribution in [3.63, 3.8) is 0 Å². The minimum atomic E-state index is -4.45. The van der Waals surface area contributed by atoms with Crippen molar-refractivity contribution >= 4 is 62.9 Å². The first-order chi connectivity index (χ1) is 34.9. The minimum Gasteiger partial charge on any atom is -0.462 e. The molecular formula is C56H86N4O11PS+. The maximum Gasteiger partial charge on any atom is 0.472 e. The highest BCUT2D eigenvalue weighted by molar-refractivity contribution is 7.89. The number of carbonyl (C=O) groups is 3. The van der Waals surface area contributed by atoms with E-state index in [9.17, 15) is 32.3 Å². The van der Waals surface area contributed by atoms with Crippen LogP contribution in [-0.4, -0.2) is 116 Å². The fourth-order valence-electron chi connectivity index (χ4n) is 8.52. The van der Waals surface area contributed by atoms with Crippen LogP contribution in [0.4, 0.5) is 5.69 Å². The minimum absolute atomic E-state index is 0.0125. The van der Waals surface area contributed by atoms with E-state index in [4.69, 9.17) is 18.5 Å². The van der Waals surface area contributed by atoms with Crippen molar-refractivity contribution in [1.82, 2.24) is 10.0 Å². The number of fused-ring (bicyclic) bond motifs is 2. The number of benzene rings is 4. The number of esters is 2. The Labute approximate surface area is 436 Å². The number of hydrogen-bond acceptors (Lipinski definition) is 11. The lowest BCUT2D eigenvalue weighted by Crippen LogP contribution is -2.37. The van der Waals surface area contributed by atoms with Gasteiger partial charge in [0.15, 0.2) is 6.10 Å². The number of amides is 1. The SMILES string of the molecule is CN(C)c1cccc2c(S(=O)(=O)NCCCCCCCCCCCC(=O)O[C@@H](COC(=O)CCCCCCCCCCCNC(=O)Cc3ccc4ccccc4c3)COP(=O)(O)OCC[N+](C)(C)C)cccc12. The van der Waals surface area contributed by atoms with E-state index in [-0.39, 0.29) is 32.0 Å². The Bertz CT molecular complexity index is 2450. The third-order valence-electron chi connectivity index (χ3n) is 12.7. The maximum absolute atomic E-state index is 13.2. The van der Waals surface area contributed by atoms with Crippen LogP contribution in [-0.2, 0) is 53.9 Å². The summed E-state index contributed by atoms with van der Waals surface area (Å²) in [5.74, 6) is -0.886. The number of sulfonamides is 1. The summed E-state index contributed by atoms with van der Waals surface area (Å²) < 4.78 is 63.6. The lowest BCUT2D eigenvalue weighted by atomic mass is 10.0. The molecule has 17 heteroatoms. The summed E-state index contributed by atoms with van der Waals surface area (Å²) in [5, 5.41) is 6.96. The Morgan fingerprint density at radius 1 is 0.644 bits per heavy atom. The van der Waals surface area contributed by atoms with E-state index in [1.165, 1.54) is 5.39 Å². The number of anilines is 1. The van der Waals surface area contributed by atoms with Gasteiger partial charge in [0.1, 0.15) is 19.8 Å². The Morgan fingerprint density at radius 2 is 1.21 bits per heavy atom. The van der Waals surface area contributed by atoms with Crippen LogP contribution < -0.4 is 14.9 Å². The Morgan fingerprint density at radius 3 is 1.84 bits per heavy atom. The molecule has 0 saturated carbocycles. The van der Waals surface area contributed by atoms with Crippen molar-refractivity contribution in [3.8, 4) is 0 Å².